The monoisotopic (exact) mass is 186 g/mol. The highest BCUT2D eigenvalue weighted by Crippen LogP contribution is 2.10. The Morgan fingerprint density at radius 1 is 1.46 bits per heavy atom. The van der Waals surface area contributed by atoms with Crippen LogP contribution in [-0.4, -0.2) is 37.3 Å². The van der Waals surface area contributed by atoms with Gasteiger partial charge < -0.3 is 15.7 Å². The maximum Gasteiger partial charge on any atom is 0.223 e. The molecule has 0 saturated carbocycles. The Labute approximate surface area is 78.7 Å². The molecular formula is C9H18N2O2. The number of hydrogen-bond acceptors (Lipinski definition) is 3. The topological polar surface area (TPSA) is 61.4 Å². The van der Waals surface area contributed by atoms with Crippen molar-refractivity contribution in [1.82, 2.24) is 10.6 Å². The number of aliphatic hydroxyl groups excluding tert-OH is 1. The van der Waals surface area contributed by atoms with Gasteiger partial charge in [-0.1, -0.05) is 0 Å². The summed E-state index contributed by atoms with van der Waals surface area (Å²) in [5.41, 5.74) is 0. The maximum atomic E-state index is 11.5. The van der Waals surface area contributed by atoms with Gasteiger partial charge in [-0.2, -0.15) is 0 Å². The molecule has 1 amide bonds. The normalized spacial score (nSPS) is 18.5. The molecule has 1 aliphatic rings. The van der Waals surface area contributed by atoms with Crippen LogP contribution in [0, 0.1) is 5.92 Å². The molecule has 0 aromatic heterocycles. The number of piperidine rings is 1. The fraction of sp³-hybridized carbons (Fsp3) is 0.889. The largest absolute Gasteiger partial charge is 0.396 e. The van der Waals surface area contributed by atoms with E-state index in [1.54, 1.807) is 0 Å². The van der Waals surface area contributed by atoms with Gasteiger partial charge in [0.2, 0.25) is 5.91 Å². The fourth-order valence-electron chi connectivity index (χ4n) is 1.52. The van der Waals surface area contributed by atoms with E-state index in [0.717, 1.165) is 25.9 Å². The Hall–Kier alpha value is -0.610. The second-order valence-electron chi connectivity index (χ2n) is 3.39. The quantitative estimate of drug-likeness (QED) is 0.518. The molecule has 13 heavy (non-hydrogen) atoms. The van der Waals surface area contributed by atoms with E-state index in [1.165, 1.54) is 0 Å². The van der Waals surface area contributed by atoms with Gasteiger partial charge in [0.1, 0.15) is 0 Å². The molecule has 1 rings (SSSR count). The summed E-state index contributed by atoms with van der Waals surface area (Å²) >= 11 is 0. The first-order valence-corrected chi connectivity index (χ1v) is 4.94. The Balaban J connectivity index is 2.13. The van der Waals surface area contributed by atoms with E-state index >= 15 is 0 Å². The Morgan fingerprint density at radius 2 is 2.15 bits per heavy atom. The van der Waals surface area contributed by atoms with Crippen molar-refractivity contribution in [3.8, 4) is 0 Å². The molecule has 1 heterocycles. The zero-order chi connectivity index (χ0) is 9.52. The van der Waals surface area contributed by atoms with Crippen molar-refractivity contribution in [1.29, 1.82) is 0 Å². The Kier molecular flexibility index (Phi) is 4.78. The first kappa shape index (κ1) is 10.5. The summed E-state index contributed by atoms with van der Waals surface area (Å²) in [5.74, 6) is 0.329. The first-order valence-electron chi connectivity index (χ1n) is 4.94. The molecule has 1 saturated heterocycles. The summed E-state index contributed by atoms with van der Waals surface area (Å²) < 4.78 is 0. The summed E-state index contributed by atoms with van der Waals surface area (Å²) in [7, 11) is 0. The van der Waals surface area contributed by atoms with Crippen LogP contribution in [0.5, 0.6) is 0 Å². The van der Waals surface area contributed by atoms with E-state index in [9.17, 15) is 4.79 Å². The van der Waals surface area contributed by atoms with E-state index in [1.807, 2.05) is 0 Å². The van der Waals surface area contributed by atoms with Gasteiger partial charge in [-0.15, -0.1) is 0 Å². The molecule has 0 spiro atoms. The zero-order valence-corrected chi connectivity index (χ0v) is 7.88. The zero-order valence-electron chi connectivity index (χ0n) is 7.88. The minimum Gasteiger partial charge on any atom is -0.396 e. The molecule has 0 unspecified atom stereocenters. The molecule has 4 heteroatoms. The van der Waals surface area contributed by atoms with Crippen LogP contribution in [0.15, 0.2) is 0 Å². The van der Waals surface area contributed by atoms with Crippen LogP contribution >= 0.6 is 0 Å². The SMILES string of the molecule is O=C(NCCCO)C1CCNCC1. The van der Waals surface area contributed by atoms with E-state index in [0.29, 0.717) is 13.0 Å². The van der Waals surface area contributed by atoms with Crippen LogP contribution < -0.4 is 10.6 Å². The summed E-state index contributed by atoms with van der Waals surface area (Å²) in [6.45, 7) is 2.63. The molecule has 0 aromatic rings. The maximum absolute atomic E-state index is 11.5. The Morgan fingerprint density at radius 3 is 2.77 bits per heavy atom. The van der Waals surface area contributed by atoms with Crippen molar-refractivity contribution >= 4 is 5.91 Å². The fourth-order valence-corrected chi connectivity index (χ4v) is 1.52. The van der Waals surface area contributed by atoms with Crippen molar-refractivity contribution in [2.24, 2.45) is 5.92 Å². The van der Waals surface area contributed by atoms with Crippen molar-refractivity contribution in [3.63, 3.8) is 0 Å². The number of aliphatic hydroxyl groups is 1. The van der Waals surface area contributed by atoms with Crippen LogP contribution in [0.2, 0.25) is 0 Å². The predicted molar refractivity (Wildman–Crippen MR) is 50.3 cm³/mol. The molecule has 3 N–H and O–H groups in total. The number of amides is 1. The summed E-state index contributed by atoms with van der Waals surface area (Å²) in [6.07, 6.45) is 2.52. The second-order valence-corrected chi connectivity index (χ2v) is 3.39. The molecule has 4 nitrogen and oxygen atoms in total. The minimum atomic E-state index is 0.145. The van der Waals surface area contributed by atoms with Gasteiger partial charge in [-0.25, -0.2) is 0 Å². The molecule has 1 fully saturated rings. The van der Waals surface area contributed by atoms with E-state index < -0.39 is 0 Å². The van der Waals surface area contributed by atoms with Gasteiger partial charge in [0.05, 0.1) is 0 Å². The van der Waals surface area contributed by atoms with Crippen LogP contribution in [-0.2, 0) is 4.79 Å². The van der Waals surface area contributed by atoms with Crippen LogP contribution in [0.4, 0.5) is 0 Å². The second kappa shape index (κ2) is 5.94. The molecule has 0 radical (unpaired) electrons. The summed E-state index contributed by atoms with van der Waals surface area (Å²) in [4.78, 5) is 11.5. The smallest absolute Gasteiger partial charge is 0.223 e. The molecule has 1 aliphatic heterocycles. The minimum absolute atomic E-state index is 0.145. The highest BCUT2D eigenvalue weighted by molar-refractivity contribution is 5.78. The molecular weight excluding hydrogens is 168 g/mol. The lowest BCUT2D eigenvalue weighted by Crippen LogP contribution is -2.38. The van der Waals surface area contributed by atoms with Gasteiger partial charge in [-0.05, 0) is 32.4 Å². The standard InChI is InChI=1S/C9H18N2O2/c12-7-1-4-11-9(13)8-2-5-10-6-3-8/h8,10,12H,1-7H2,(H,11,13). The van der Waals surface area contributed by atoms with Gasteiger partial charge in [0, 0.05) is 19.1 Å². The third-order valence-corrected chi connectivity index (χ3v) is 2.34. The number of rotatable bonds is 4. The lowest BCUT2D eigenvalue weighted by atomic mass is 9.97. The lowest BCUT2D eigenvalue weighted by molar-refractivity contribution is -0.125. The average Bonchev–Trinajstić information content (AvgIpc) is 2.19. The lowest BCUT2D eigenvalue weighted by Gasteiger charge is -2.21. The third kappa shape index (κ3) is 3.74. The van der Waals surface area contributed by atoms with E-state index in [-0.39, 0.29) is 18.4 Å². The Bertz CT molecular complexity index is 156. The average molecular weight is 186 g/mol. The molecule has 76 valence electrons. The molecule has 0 bridgehead atoms. The van der Waals surface area contributed by atoms with Gasteiger partial charge in [0.15, 0.2) is 0 Å². The van der Waals surface area contributed by atoms with Gasteiger partial charge >= 0.3 is 0 Å². The van der Waals surface area contributed by atoms with Crippen molar-refractivity contribution in [2.45, 2.75) is 19.3 Å². The molecule has 0 aliphatic carbocycles. The first-order chi connectivity index (χ1) is 6.34. The van der Waals surface area contributed by atoms with E-state index in [4.69, 9.17) is 5.11 Å². The predicted octanol–water partition coefficient (Wildman–Crippen LogP) is -0.515. The highest BCUT2D eigenvalue weighted by atomic mass is 16.3. The van der Waals surface area contributed by atoms with E-state index in [2.05, 4.69) is 10.6 Å². The van der Waals surface area contributed by atoms with Crippen LogP contribution in [0.25, 0.3) is 0 Å². The molecule has 0 aromatic carbocycles. The van der Waals surface area contributed by atoms with Crippen molar-refractivity contribution in [3.05, 3.63) is 0 Å². The molecule has 0 atom stereocenters. The number of nitrogens with one attached hydrogen (secondary N) is 2. The summed E-state index contributed by atoms with van der Waals surface area (Å²) in [6, 6.07) is 0. The van der Waals surface area contributed by atoms with Crippen molar-refractivity contribution in [2.75, 3.05) is 26.2 Å². The number of carbonyl (C=O) groups is 1. The van der Waals surface area contributed by atoms with Gasteiger partial charge in [0.25, 0.3) is 0 Å². The third-order valence-electron chi connectivity index (χ3n) is 2.34. The van der Waals surface area contributed by atoms with Crippen molar-refractivity contribution < 1.29 is 9.90 Å². The van der Waals surface area contributed by atoms with Gasteiger partial charge in [-0.3, -0.25) is 4.79 Å². The number of carbonyl (C=O) groups excluding carboxylic acids is 1. The number of hydrogen-bond donors (Lipinski definition) is 3. The van der Waals surface area contributed by atoms with Crippen LogP contribution in [0.1, 0.15) is 19.3 Å². The highest BCUT2D eigenvalue weighted by Gasteiger charge is 2.19. The summed E-state index contributed by atoms with van der Waals surface area (Å²) in [5, 5.41) is 14.6. The van der Waals surface area contributed by atoms with Crippen LogP contribution in [0.3, 0.4) is 0 Å².